The molecule has 0 saturated carbocycles. The average molecular weight is 230 g/mol. The number of aliphatic hydroxyl groups excluding tert-OH is 1. The summed E-state index contributed by atoms with van der Waals surface area (Å²) < 4.78 is 54.0. The maximum atomic E-state index is 13.4. The van der Waals surface area contributed by atoms with Gasteiger partial charge in [0.15, 0.2) is 0 Å². The molecule has 0 aromatic carbocycles. The van der Waals surface area contributed by atoms with Crippen molar-refractivity contribution in [2.75, 3.05) is 6.61 Å². The van der Waals surface area contributed by atoms with E-state index in [2.05, 4.69) is 11.3 Å². The molecule has 15 heavy (non-hydrogen) atoms. The highest BCUT2D eigenvalue weighted by atomic mass is 19.4. The highest BCUT2D eigenvalue weighted by Gasteiger charge is 2.67. The third kappa shape index (κ3) is 2.47. The molecule has 0 heterocycles. The van der Waals surface area contributed by atoms with E-state index in [-0.39, 0.29) is 6.08 Å². The summed E-state index contributed by atoms with van der Waals surface area (Å²) in [6.07, 6.45) is -7.98. The van der Waals surface area contributed by atoms with Crippen LogP contribution in [0, 0.1) is 0 Å². The van der Waals surface area contributed by atoms with E-state index in [0.29, 0.717) is 0 Å². The van der Waals surface area contributed by atoms with Crippen molar-refractivity contribution < 1.29 is 32.2 Å². The topological polar surface area (TPSA) is 46.5 Å². The zero-order valence-electron chi connectivity index (χ0n) is 7.84. The van der Waals surface area contributed by atoms with Crippen molar-refractivity contribution in [2.24, 2.45) is 0 Å². The molecular weight excluding hydrogens is 220 g/mol. The molecule has 0 saturated heterocycles. The van der Waals surface area contributed by atoms with Crippen LogP contribution in [0.2, 0.25) is 0 Å². The van der Waals surface area contributed by atoms with E-state index in [4.69, 9.17) is 5.11 Å². The van der Waals surface area contributed by atoms with Crippen LogP contribution in [-0.4, -0.2) is 35.6 Å². The Morgan fingerprint density at radius 3 is 2.27 bits per heavy atom. The predicted octanol–water partition coefficient (Wildman–Crippen LogP) is 1.37. The summed E-state index contributed by atoms with van der Waals surface area (Å²) in [7, 11) is 0. The molecule has 0 fully saturated rings. The summed E-state index contributed by atoms with van der Waals surface area (Å²) in [6, 6.07) is 0. The van der Waals surface area contributed by atoms with Gasteiger partial charge >= 0.3 is 17.8 Å². The quantitative estimate of drug-likeness (QED) is 0.450. The van der Waals surface area contributed by atoms with Gasteiger partial charge in [-0.1, -0.05) is 6.08 Å². The van der Waals surface area contributed by atoms with Crippen molar-refractivity contribution in [1.82, 2.24) is 0 Å². The molecular formula is C8H10F4O3. The zero-order valence-corrected chi connectivity index (χ0v) is 7.84. The molecule has 2 atom stereocenters. The summed E-state index contributed by atoms with van der Waals surface area (Å²) in [4.78, 5) is 10.8. The molecule has 88 valence electrons. The Morgan fingerprint density at radius 2 is 2.00 bits per heavy atom. The second-order valence-electron chi connectivity index (χ2n) is 2.61. The predicted molar refractivity (Wildman–Crippen MR) is 42.7 cm³/mol. The third-order valence-corrected chi connectivity index (χ3v) is 1.62. The molecule has 0 rings (SSSR count). The zero-order chi connectivity index (χ0) is 12.3. The van der Waals surface area contributed by atoms with Crippen LogP contribution in [0.4, 0.5) is 17.6 Å². The number of hydrogen-bond acceptors (Lipinski definition) is 3. The summed E-state index contributed by atoms with van der Waals surface area (Å²) >= 11 is 0. The fraction of sp³-hybridized carbons (Fsp3) is 0.625. The molecule has 0 bridgehead atoms. The minimum atomic E-state index is -5.56. The second-order valence-corrected chi connectivity index (χ2v) is 2.61. The van der Waals surface area contributed by atoms with E-state index in [1.54, 1.807) is 0 Å². The van der Waals surface area contributed by atoms with Gasteiger partial charge in [-0.2, -0.15) is 13.2 Å². The first-order valence-electron chi connectivity index (χ1n) is 3.95. The van der Waals surface area contributed by atoms with Crippen molar-refractivity contribution in [1.29, 1.82) is 0 Å². The van der Waals surface area contributed by atoms with Crippen molar-refractivity contribution >= 4 is 5.97 Å². The normalized spacial score (nSPS) is 17.7. The number of aliphatic hydroxyl groups is 1. The number of ether oxygens (including phenoxy) is 1. The molecule has 0 unspecified atom stereocenters. The van der Waals surface area contributed by atoms with Crippen molar-refractivity contribution in [2.45, 2.75) is 24.9 Å². The standard InChI is InChI=1S/C8H10F4O3/c1-3-5(13)7(9,8(10,11)12)6(14)15-4-2/h3,5,13H,1,4H2,2H3/t5-,7+/m0/s1. The minimum Gasteiger partial charge on any atom is -0.463 e. The Labute approximate surface area is 83.3 Å². The smallest absolute Gasteiger partial charge is 0.436 e. The second kappa shape index (κ2) is 4.61. The molecule has 3 nitrogen and oxygen atoms in total. The van der Waals surface area contributed by atoms with Gasteiger partial charge < -0.3 is 9.84 Å². The number of carbonyl (C=O) groups excluding carboxylic acids is 1. The number of rotatable bonds is 4. The number of esters is 1. The Kier molecular flexibility index (Phi) is 4.27. The van der Waals surface area contributed by atoms with Gasteiger partial charge in [-0.3, -0.25) is 0 Å². The number of carbonyl (C=O) groups is 1. The van der Waals surface area contributed by atoms with E-state index in [0.717, 1.165) is 0 Å². The first-order chi connectivity index (χ1) is 6.71. The molecule has 0 amide bonds. The van der Waals surface area contributed by atoms with Crippen LogP contribution in [-0.2, 0) is 9.53 Å². The monoisotopic (exact) mass is 230 g/mol. The van der Waals surface area contributed by atoms with Crippen molar-refractivity contribution in [3.63, 3.8) is 0 Å². The lowest BCUT2D eigenvalue weighted by Crippen LogP contribution is -2.56. The molecule has 0 aliphatic rings. The number of halogens is 4. The lowest BCUT2D eigenvalue weighted by Gasteiger charge is -2.28. The molecule has 0 aromatic heterocycles. The van der Waals surface area contributed by atoms with Gasteiger partial charge in [0.2, 0.25) is 0 Å². The Morgan fingerprint density at radius 1 is 1.53 bits per heavy atom. The Bertz CT molecular complexity index is 251. The van der Waals surface area contributed by atoms with Gasteiger partial charge in [0, 0.05) is 0 Å². The first kappa shape index (κ1) is 13.9. The van der Waals surface area contributed by atoms with E-state index in [1.807, 2.05) is 0 Å². The van der Waals surface area contributed by atoms with Gasteiger partial charge in [0.05, 0.1) is 6.61 Å². The van der Waals surface area contributed by atoms with Crippen LogP contribution in [0.15, 0.2) is 12.7 Å². The third-order valence-electron chi connectivity index (χ3n) is 1.62. The van der Waals surface area contributed by atoms with Crippen molar-refractivity contribution in [3.8, 4) is 0 Å². The summed E-state index contributed by atoms with van der Waals surface area (Å²) in [5.41, 5.74) is -4.47. The van der Waals surface area contributed by atoms with Gasteiger partial charge in [0.25, 0.3) is 0 Å². The van der Waals surface area contributed by atoms with Crippen LogP contribution < -0.4 is 0 Å². The number of hydrogen-bond donors (Lipinski definition) is 1. The fourth-order valence-electron chi connectivity index (χ4n) is 0.803. The molecule has 0 aliphatic heterocycles. The van der Waals surface area contributed by atoms with Gasteiger partial charge in [-0.25, -0.2) is 9.18 Å². The van der Waals surface area contributed by atoms with Gasteiger partial charge in [-0.05, 0) is 6.92 Å². The summed E-state index contributed by atoms with van der Waals surface area (Å²) in [6.45, 7) is 3.58. The summed E-state index contributed by atoms with van der Waals surface area (Å²) in [5.74, 6) is -2.18. The molecule has 0 aromatic rings. The van der Waals surface area contributed by atoms with E-state index < -0.39 is 30.5 Å². The maximum Gasteiger partial charge on any atom is 0.436 e. The van der Waals surface area contributed by atoms with E-state index >= 15 is 0 Å². The van der Waals surface area contributed by atoms with Crippen LogP contribution in [0.3, 0.4) is 0 Å². The molecule has 7 heteroatoms. The number of alkyl halides is 4. The van der Waals surface area contributed by atoms with E-state index in [9.17, 15) is 22.4 Å². The summed E-state index contributed by atoms with van der Waals surface area (Å²) in [5, 5.41) is 8.80. The average Bonchev–Trinajstić information content (AvgIpc) is 2.13. The van der Waals surface area contributed by atoms with Gasteiger partial charge in [-0.15, -0.1) is 6.58 Å². The Hall–Kier alpha value is -1.11. The molecule has 0 spiro atoms. The van der Waals surface area contributed by atoms with Crippen LogP contribution in [0.5, 0.6) is 0 Å². The van der Waals surface area contributed by atoms with Crippen LogP contribution in [0.1, 0.15) is 6.92 Å². The lowest BCUT2D eigenvalue weighted by molar-refractivity contribution is -0.256. The molecule has 0 radical (unpaired) electrons. The maximum absolute atomic E-state index is 13.4. The lowest BCUT2D eigenvalue weighted by atomic mass is 9.98. The minimum absolute atomic E-state index is 0.282. The first-order valence-corrected chi connectivity index (χ1v) is 3.95. The van der Waals surface area contributed by atoms with Gasteiger partial charge in [0.1, 0.15) is 6.10 Å². The molecule has 1 N–H and O–H groups in total. The highest BCUT2D eigenvalue weighted by Crippen LogP contribution is 2.38. The largest absolute Gasteiger partial charge is 0.463 e. The Balaban J connectivity index is 5.21. The van der Waals surface area contributed by atoms with Crippen molar-refractivity contribution in [3.05, 3.63) is 12.7 Å². The highest BCUT2D eigenvalue weighted by molar-refractivity contribution is 5.81. The van der Waals surface area contributed by atoms with Crippen LogP contribution >= 0.6 is 0 Å². The SMILES string of the molecule is C=C[C@H](O)[C@@](F)(C(=O)OCC)C(F)(F)F. The van der Waals surface area contributed by atoms with Crippen LogP contribution in [0.25, 0.3) is 0 Å². The van der Waals surface area contributed by atoms with E-state index in [1.165, 1.54) is 6.92 Å². The molecule has 0 aliphatic carbocycles. The fourth-order valence-corrected chi connectivity index (χ4v) is 0.803.